The van der Waals surface area contributed by atoms with E-state index in [2.05, 4.69) is 19.8 Å². The summed E-state index contributed by atoms with van der Waals surface area (Å²) in [6.07, 6.45) is 1.82. The van der Waals surface area contributed by atoms with Crippen molar-refractivity contribution < 1.29 is 4.79 Å². The molecule has 1 aliphatic heterocycles. The molecule has 1 amide bonds. The van der Waals surface area contributed by atoms with Gasteiger partial charge in [-0.3, -0.25) is 9.69 Å². The highest BCUT2D eigenvalue weighted by Crippen LogP contribution is 2.13. The number of hydrogen-bond acceptors (Lipinski definition) is 6. The predicted octanol–water partition coefficient (Wildman–Crippen LogP) is 1.63. The van der Waals surface area contributed by atoms with Crippen LogP contribution < -0.4 is 4.90 Å². The third-order valence-corrected chi connectivity index (χ3v) is 5.12. The first-order valence-electron chi connectivity index (χ1n) is 8.15. The summed E-state index contributed by atoms with van der Waals surface area (Å²) in [6.45, 7) is 6.60. The Bertz CT molecular complexity index is 667. The maximum Gasteiger partial charge on any atom is 0.236 e. The van der Waals surface area contributed by atoms with Crippen LogP contribution in [0.15, 0.2) is 29.8 Å². The summed E-state index contributed by atoms with van der Waals surface area (Å²) in [5, 5.41) is 3.01. The Morgan fingerprint density at radius 2 is 2.08 bits per heavy atom. The fourth-order valence-electron chi connectivity index (χ4n) is 2.75. The average molecular weight is 345 g/mol. The molecule has 6 nitrogen and oxygen atoms in total. The van der Waals surface area contributed by atoms with Crippen molar-refractivity contribution in [2.45, 2.75) is 13.5 Å². The second kappa shape index (κ2) is 7.72. The SMILES string of the molecule is Cc1csc(CN(C)C(=O)CN2CCN(c3ccccn3)CC2)n1. The van der Waals surface area contributed by atoms with Gasteiger partial charge >= 0.3 is 0 Å². The number of amides is 1. The van der Waals surface area contributed by atoms with E-state index in [0.717, 1.165) is 42.7 Å². The van der Waals surface area contributed by atoms with E-state index in [1.54, 1.807) is 16.2 Å². The van der Waals surface area contributed by atoms with Gasteiger partial charge in [0.05, 0.1) is 13.1 Å². The number of pyridine rings is 1. The molecule has 3 rings (SSSR count). The minimum absolute atomic E-state index is 0.147. The van der Waals surface area contributed by atoms with E-state index in [-0.39, 0.29) is 5.91 Å². The Kier molecular flexibility index (Phi) is 5.42. The molecule has 2 aromatic rings. The minimum Gasteiger partial charge on any atom is -0.354 e. The Balaban J connectivity index is 1.46. The van der Waals surface area contributed by atoms with Crippen LogP contribution in [0.5, 0.6) is 0 Å². The van der Waals surface area contributed by atoms with Gasteiger partial charge < -0.3 is 9.80 Å². The molecule has 0 unspecified atom stereocenters. The Labute approximate surface area is 146 Å². The van der Waals surface area contributed by atoms with E-state index in [1.807, 2.05) is 43.7 Å². The molecule has 7 heteroatoms. The number of thiazole rings is 1. The number of likely N-dealkylation sites (N-methyl/N-ethyl adjacent to an activating group) is 1. The molecule has 0 N–H and O–H groups in total. The number of carbonyl (C=O) groups excluding carboxylic acids is 1. The van der Waals surface area contributed by atoms with Crippen LogP contribution in [0.1, 0.15) is 10.7 Å². The quantitative estimate of drug-likeness (QED) is 0.824. The van der Waals surface area contributed by atoms with E-state index in [1.165, 1.54) is 0 Å². The fourth-order valence-corrected chi connectivity index (χ4v) is 3.58. The summed E-state index contributed by atoms with van der Waals surface area (Å²) >= 11 is 1.61. The maximum atomic E-state index is 12.4. The number of carbonyl (C=O) groups is 1. The number of rotatable bonds is 5. The van der Waals surface area contributed by atoms with Gasteiger partial charge in [0, 0.05) is 50.5 Å². The third kappa shape index (κ3) is 4.30. The van der Waals surface area contributed by atoms with Gasteiger partial charge in [0.15, 0.2) is 0 Å². The molecule has 128 valence electrons. The van der Waals surface area contributed by atoms with E-state index in [4.69, 9.17) is 0 Å². The number of hydrogen-bond donors (Lipinski definition) is 0. The molecule has 1 saturated heterocycles. The van der Waals surface area contributed by atoms with Crippen molar-refractivity contribution in [1.29, 1.82) is 0 Å². The van der Waals surface area contributed by atoms with Crippen molar-refractivity contribution in [2.75, 3.05) is 44.7 Å². The summed E-state index contributed by atoms with van der Waals surface area (Å²) in [4.78, 5) is 27.5. The lowest BCUT2D eigenvalue weighted by atomic mass is 10.3. The smallest absolute Gasteiger partial charge is 0.236 e. The lowest BCUT2D eigenvalue weighted by molar-refractivity contribution is -0.131. The highest BCUT2D eigenvalue weighted by atomic mass is 32.1. The second-order valence-corrected chi connectivity index (χ2v) is 7.03. The minimum atomic E-state index is 0.147. The normalized spacial score (nSPS) is 15.5. The van der Waals surface area contributed by atoms with Gasteiger partial charge in [-0.25, -0.2) is 9.97 Å². The highest BCUT2D eigenvalue weighted by molar-refractivity contribution is 7.09. The fraction of sp³-hybridized carbons (Fsp3) is 0.471. The van der Waals surface area contributed by atoms with Gasteiger partial charge in [0.25, 0.3) is 0 Å². The van der Waals surface area contributed by atoms with E-state index >= 15 is 0 Å². The van der Waals surface area contributed by atoms with Crippen molar-refractivity contribution in [3.63, 3.8) is 0 Å². The van der Waals surface area contributed by atoms with Crippen molar-refractivity contribution in [3.05, 3.63) is 40.5 Å². The van der Waals surface area contributed by atoms with Gasteiger partial charge in [0.2, 0.25) is 5.91 Å². The molecule has 0 radical (unpaired) electrons. The van der Waals surface area contributed by atoms with Gasteiger partial charge in [-0.1, -0.05) is 6.07 Å². The zero-order valence-electron chi connectivity index (χ0n) is 14.2. The van der Waals surface area contributed by atoms with Crippen molar-refractivity contribution in [3.8, 4) is 0 Å². The van der Waals surface area contributed by atoms with Crippen LogP contribution in [0.4, 0.5) is 5.82 Å². The Hall–Kier alpha value is -1.99. The van der Waals surface area contributed by atoms with Crippen LogP contribution in [0.3, 0.4) is 0 Å². The van der Waals surface area contributed by atoms with E-state index in [9.17, 15) is 4.79 Å². The molecule has 2 aromatic heterocycles. The second-order valence-electron chi connectivity index (χ2n) is 6.08. The average Bonchev–Trinajstić information content (AvgIpc) is 3.01. The maximum absolute atomic E-state index is 12.4. The summed E-state index contributed by atoms with van der Waals surface area (Å²) in [7, 11) is 1.85. The van der Waals surface area contributed by atoms with Crippen LogP contribution in [0, 0.1) is 6.92 Å². The number of piperazine rings is 1. The molecule has 0 spiro atoms. The number of nitrogens with zero attached hydrogens (tertiary/aromatic N) is 5. The summed E-state index contributed by atoms with van der Waals surface area (Å²) in [6, 6.07) is 5.97. The molecule has 24 heavy (non-hydrogen) atoms. The van der Waals surface area contributed by atoms with Crippen molar-refractivity contribution >= 4 is 23.1 Å². The lowest BCUT2D eigenvalue weighted by Gasteiger charge is -2.35. The molecule has 0 aromatic carbocycles. The molecule has 0 aliphatic carbocycles. The standard InChI is InChI=1S/C17H23N5OS/c1-14-13-24-16(19-14)11-20(2)17(23)12-21-7-9-22(10-8-21)15-5-3-4-6-18-15/h3-6,13H,7-12H2,1-2H3. The summed E-state index contributed by atoms with van der Waals surface area (Å²) < 4.78 is 0. The van der Waals surface area contributed by atoms with Crippen molar-refractivity contribution in [2.24, 2.45) is 0 Å². The zero-order valence-corrected chi connectivity index (χ0v) is 15.0. The molecular weight excluding hydrogens is 322 g/mol. The first-order chi connectivity index (χ1) is 11.6. The van der Waals surface area contributed by atoms with Crippen LogP contribution in [0.25, 0.3) is 0 Å². The van der Waals surface area contributed by atoms with Crippen LogP contribution in [0.2, 0.25) is 0 Å². The first-order valence-corrected chi connectivity index (χ1v) is 9.03. The molecule has 0 saturated carbocycles. The largest absolute Gasteiger partial charge is 0.354 e. The lowest BCUT2D eigenvalue weighted by Crippen LogP contribution is -2.49. The predicted molar refractivity (Wildman–Crippen MR) is 96.2 cm³/mol. The summed E-state index contributed by atoms with van der Waals surface area (Å²) in [5.41, 5.74) is 1.02. The zero-order chi connectivity index (χ0) is 16.9. The van der Waals surface area contributed by atoms with Crippen LogP contribution in [-0.2, 0) is 11.3 Å². The van der Waals surface area contributed by atoms with Gasteiger partial charge in [-0.2, -0.15) is 0 Å². The highest BCUT2D eigenvalue weighted by Gasteiger charge is 2.21. The molecule has 0 bridgehead atoms. The van der Waals surface area contributed by atoms with E-state index in [0.29, 0.717) is 13.1 Å². The third-order valence-electron chi connectivity index (χ3n) is 4.17. The topological polar surface area (TPSA) is 52.6 Å². The molecule has 3 heterocycles. The summed E-state index contributed by atoms with van der Waals surface area (Å²) in [5.74, 6) is 1.16. The molecule has 0 atom stereocenters. The number of anilines is 1. The monoisotopic (exact) mass is 345 g/mol. The van der Waals surface area contributed by atoms with E-state index < -0.39 is 0 Å². The first kappa shape index (κ1) is 16.9. The van der Waals surface area contributed by atoms with Crippen molar-refractivity contribution in [1.82, 2.24) is 19.8 Å². The van der Waals surface area contributed by atoms with Gasteiger partial charge in [-0.15, -0.1) is 11.3 Å². The number of aromatic nitrogens is 2. The van der Waals surface area contributed by atoms with Crippen LogP contribution >= 0.6 is 11.3 Å². The Morgan fingerprint density at radius 1 is 1.29 bits per heavy atom. The van der Waals surface area contributed by atoms with Crippen LogP contribution in [-0.4, -0.2) is 65.4 Å². The number of aryl methyl sites for hydroxylation is 1. The molecular formula is C17H23N5OS. The molecule has 1 aliphatic rings. The molecule has 1 fully saturated rings. The van der Waals surface area contributed by atoms with Gasteiger partial charge in [-0.05, 0) is 19.1 Å². The Morgan fingerprint density at radius 3 is 2.71 bits per heavy atom. The van der Waals surface area contributed by atoms with Gasteiger partial charge in [0.1, 0.15) is 10.8 Å².